The highest BCUT2D eigenvalue weighted by molar-refractivity contribution is 5.07. The first-order valence-electron chi connectivity index (χ1n) is 5.43. The lowest BCUT2D eigenvalue weighted by atomic mass is 10.1. The molecule has 3 heteroatoms. The van der Waals surface area contributed by atoms with Crippen molar-refractivity contribution >= 4 is 0 Å². The van der Waals surface area contributed by atoms with E-state index in [1.165, 1.54) is 25.2 Å². The smallest absolute Gasteiger partial charge is 0.0444 e. The van der Waals surface area contributed by atoms with Crippen LogP contribution >= 0.6 is 0 Å². The van der Waals surface area contributed by atoms with Crippen LogP contribution < -0.4 is 10.6 Å². The van der Waals surface area contributed by atoms with E-state index in [1.54, 1.807) is 0 Å². The first-order chi connectivity index (χ1) is 6.86. The van der Waals surface area contributed by atoms with Crippen molar-refractivity contribution in [2.45, 2.75) is 19.4 Å². The molecule has 0 amide bonds. The SMILES string of the molecule is CC(NCC1CCNC1)c1ccc[nH]1. The second-order valence-electron chi connectivity index (χ2n) is 4.11. The van der Waals surface area contributed by atoms with Gasteiger partial charge in [0.05, 0.1) is 0 Å². The van der Waals surface area contributed by atoms with Crippen LogP contribution in [-0.4, -0.2) is 24.6 Å². The molecule has 0 bridgehead atoms. The minimum atomic E-state index is 0.436. The highest BCUT2D eigenvalue weighted by atomic mass is 15.0. The maximum atomic E-state index is 3.56. The van der Waals surface area contributed by atoms with Gasteiger partial charge in [0.15, 0.2) is 0 Å². The van der Waals surface area contributed by atoms with Crippen molar-refractivity contribution in [3.8, 4) is 0 Å². The Kier molecular flexibility index (Phi) is 3.22. The third-order valence-electron chi connectivity index (χ3n) is 2.96. The fraction of sp³-hybridized carbons (Fsp3) is 0.636. The van der Waals surface area contributed by atoms with Crippen molar-refractivity contribution in [1.82, 2.24) is 15.6 Å². The summed E-state index contributed by atoms with van der Waals surface area (Å²) < 4.78 is 0. The maximum absolute atomic E-state index is 3.56. The highest BCUT2D eigenvalue weighted by Gasteiger charge is 2.15. The van der Waals surface area contributed by atoms with Gasteiger partial charge in [-0.05, 0) is 51.0 Å². The zero-order chi connectivity index (χ0) is 9.80. The molecular weight excluding hydrogens is 174 g/mol. The number of hydrogen-bond acceptors (Lipinski definition) is 2. The summed E-state index contributed by atoms with van der Waals surface area (Å²) in [5, 5.41) is 6.94. The fourth-order valence-corrected chi connectivity index (χ4v) is 1.96. The van der Waals surface area contributed by atoms with Crippen LogP contribution in [0.5, 0.6) is 0 Å². The number of H-pyrrole nitrogens is 1. The van der Waals surface area contributed by atoms with Crippen LogP contribution in [0.4, 0.5) is 0 Å². The van der Waals surface area contributed by atoms with E-state index in [-0.39, 0.29) is 0 Å². The van der Waals surface area contributed by atoms with Gasteiger partial charge in [0.2, 0.25) is 0 Å². The number of aromatic nitrogens is 1. The van der Waals surface area contributed by atoms with Crippen molar-refractivity contribution in [3.05, 3.63) is 24.0 Å². The van der Waals surface area contributed by atoms with Gasteiger partial charge >= 0.3 is 0 Å². The van der Waals surface area contributed by atoms with Gasteiger partial charge in [-0.15, -0.1) is 0 Å². The second-order valence-corrected chi connectivity index (χ2v) is 4.11. The van der Waals surface area contributed by atoms with Crippen LogP contribution in [0.15, 0.2) is 18.3 Å². The predicted octanol–water partition coefficient (Wildman–Crippen LogP) is 1.27. The summed E-state index contributed by atoms with van der Waals surface area (Å²) in [6, 6.07) is 4.61. The van der Waals surface area contributed by atoms with E-state index < -0.39 is 0 Å². The van der Waals surface area contributed by atoms with Gasteiger partial charge in [-0.25, -0.2) is 0 Å². The van der Waals surface area contributed by atoms with E-state index in [0.29, 0.717) is 6.04 Å². The van der Waals surface area contributed by atoms with Crippen LogP contribution in [-0.2, 0) is 0 Å². The molecule has 0 spiro atoms. The quantitative estimate of drug-likeness (QED) is 0.674. The molecule has 1 aromatic heterocycles. The summed E-state index contributed by atoms with van der Waals surface area (Å²) >= 11 is 0. The van der Waals surface area contributed by atoms with E-state index in [2.05, 4.69) is 28.6 Å². The monoisotopic (exact) mass is 193 g/mol. The molecule has 3 nitrogen and oxygen atoms in total. The maximum Gasteiger partial charge on any atom is 0.0444 e. The Balaban J connectivity index is 1.74. The summed E-state index contributed by atoms with van der Waals surface area (Å²) in [6.45, 7) is 5.68. The molecular formula is C11H19N3. The van der Waals surface area contributed by atoms with Crippen LogP contribution in [0.25, 0.3) is 0 Å². The Morgan fingerprint density at radius 2 is 2.57 bits per heavy atom. The van der Waals surface area contributed by atoms with Crippen molar-refractivity contribution < 1.29 is 0 Å². The Morgan fingerprint density at radius 3 is 3.21 bits per heavy atom. The molecule has 1 fully saturated rings. The van der Waals surface area contributed by atoms with Crippen molar-refractivity contribution in [3.63, 3.8) is 0 Å². The van der Waals surface area contributed by atoms with E-state index in [0.717, 1.165) is 12.5 Å². The lowest BCUT2D eigenvalue weighted by molar-refractivity contribution is 0.465. The van der Waals surface area contributed by atoms with Gasteiger partial charge in [-0.2, -0.15) is 0 Å². The van der Waals surface area contributed by atoms with Gasteiger partial charge in [0.1, 0.15) is 0 Å². The average molecular weight is 193 g/mol. The standard InChI is InChI=1S/C11H19N3/c1-9(11-3-2-5-13-11)14-8-10-4-6-12-7-10/h2-3,5,9-10,12-14H,4,6-8H2,1H3. The summed E-state index contributed by atoms with van der Waals surface area (Å²) in [5.41, 5.74) is 1.27. The minimum Gasteiger partial charge on any atom is -0.364 e. The first kappa shape index (κ1) is 9.74. The molecule has 2 heterocycles. The second kappa shape index (κ2) is 4.62. The van der Waals surface area contributed by atoms with Crippen molar-refractivity contribution in [2.75, 3.05) is 19.6 Å². The number of aromatic amines is 1. The molecule has 2 rings (SSSR count). The van der Waals surface area contributed by atoms with Crippen LogP contribution in [0.3, 0.4) is 0 Å². The van der Waals surface area contributed by atoms with Gasteiger partial charge in [0, 0.05) is 17.9 Å². The molecule has 0 radical (unpaired) electrons. The predicted molar refractivity (Wildman–Crippen MR) is 58.2 cm³/mol. The normalized spacial score (nSPS) is 23.9. The molecule has 3 N–H and O–H groups in total. The Hall–Kier alpha value is -0.800. The molecule has 14 heavy (non-hydrogen) atoms. The van der Waals surface area contributed by atoms with Crippen molar-refractivity contribution in [2.24, 2.45) is 5.92 Å². The molecule has 0 aliphatic carbocycles. The fourth-order valence-electron chi connectivity index (χ4n) is 1.96. The topological polar surface area (TPSA) is 39.8 Å². The van der Waals surface area contributed by atoms with Crippen LogP contribution in [0.1, 0.15) is 25.1 Å². The third-order valence-corrected chi connectivity index (χ3v) is 2.96. The van der Waals surface area contributed by atoms with E-state index in [1.807, 2.05) is 12.3 Å². The zero-order valence-corrected chi connectivity index (χ0v) is 8.72. The van der Waals surface area contributed by atoms with E-state index in [9.17, 15) is 0 Å². The number of rotatable bonds is 4. The Labute approximate surface area is 85.3 Å². The molecule has 1 aliphatic rings. The van der Waals surface area contributed by atoms with E-state index >= 15 is 0 Å². The molecule has 1 saturated heterocycles. The molecule has 1 aromatic rings. The minimum absolute atomic E-state index is 0.436. The molecule has 1 aliphatic heterocycles. The molecule has 0 aromatic carbocycles. The third kappa shape index (κ3) is 2.36. The largest absolute Gasteiger partial charge is 0.364 e. The summed E-state index contributed by atoms with van der Waals surface area (Å²) in [5.74, 6) is 0.812. The molecule has 2 unspecified atom stereocenters. The van der Waals surface area contributed by atoms with Gasteiger partial charge in [0.25, 0.3) is 0 Å². The average Bonchev–Trinajstić information content (AvgIpc) is 2.87. The van der Waals surface area contributed by atoms with Gasteiger partial charge in [-0.1, -0.05) is 0 Å². The Morgan fingerprint density at radius 1 is 1.64 bits per heavy atom. The summed E-state index contributed by atoms with van der Waals surface area (Å²) in [6.07, 6.45) is 3.29. The lowest BCUT2D eigenvalue weighted by Gasteiger charge is -2.15. The highest BCUT2D eigenvalue weighted by Crippen LogP contribution is 2.11. The van der Waals surface area contributed by atoms with Gasteiger partial charge in [-0.3, -0.25) is 0 Å². The summed E-state index contributed by atoms with van der Waals surface area (Å²) in [4.78, 5) is 3.23. The van der Waals surface area contributed by atoms with Crippen LogP contribution in [0.2, 0.25) is 0 Å². The summed E-state index contributed by atoms with van der Waals surface area (Å²) in [7, 11) is 0. The number of nitrogens with one attached hydrogen (secondary N) is 3. The Bertz CT molecular complexity index is 250. The molecule has 2 atom stereocenters. The first-order valence-corrected chi connectivity index (χ1v) is 5.43. The van der Waals surface area contributed by atoms with E-state index in [4.69, 9.17) is 0 Å². The lowest BCUT2D eigenvalue weighted by Crippen LogP contribution is -2.27. The van der Waals surface area contributed by atoms with Crippen LogP contribution in [0, 0.1) is 5.92 Å². The number of hydrogen-bond donors (Lipinski definition) is 3. The van der Waals surface area contributed by atoms with Crippen molar-refractivity contribution in [1.29, 1.82) is 0 Å². The zero-order valence-electron chi connectivity index (χ0n) is 8.72. The molecule has 78 valence electrons. The van der Waals surface area contributed by atoms with Gasteiger partial charge < -0.3 is 15.6 Å². The molecule has 0 saturated carbocycles.